The van der Waals surface area contributed by atoms with Gasteiger partial charge in [-0.3, -0.25) is 9.59 Å². The Labute approximate surface area is 135 Å². The lowest BCUT2D eigenvalue weighted by Crippen LogP contribution is -2.42. The van der Waals surface area contributed by atoms with Gasteiger partial charge in [0.2, 0.25) is 5.91 Å². The molecule has 0 spiro atoms. The molecular formula is C17H23N3O3. The third kappa shape index (κ3) is 3.32. The van der Waals surface area contributed by atoms with Crippen molar-refractivity contribution in [2.75, 3.05) is 19.0 Å². The van der Waals surface area contributed by atoms with Crippen LogP contribution in [0.25, 0.3) is 0 Å². The minimum absolute atomic E-state index is 0.0103. The van der Waals surface area contributed by atoms with Crippen LogP contribution < -0.4 is 21.1 Å². The molecule has 2 bridgehead atoms. The van der Waals surface area contributed by atoms with E-state index in [4.69, 9.17) is 10.5 Å². The maximum atomic E-state index is 12.5. The SMILES string of the molecule is CNC(=O)COc1ccc(NC(=O)C2C3CCC(C3)C2N)cc1. The highest BCUT2D eigenvalue weighted by Crippen LogP contribution is 2.47. The summed E-state index contributed by atoms with van der Waals surface area (Å²) in [5.41, 5.74) is 6.92. The van der Waals surface area contributed by atoms with Crippen molar-refractivity contribution in [1.29, 1.82) is 0 Å². The van der Waals surface area contributed by atoms with Gasteiger partial charge in [0.05, 0.1) is 5.92 Å². The molecule has 23 heavy (non-hydrogen) atoms. The third-order valence-electron chi connectivity index (χ3n) is 5.05. The largest absolute Gasteiger partial charge is 0.484 e. The van der Waals surface area contributed by atoms with Gasteiger partial charge in [0.15, 0.2) is 6.61 Å². The fourth-order valence-corrected chi connectivity index (χ4v) is 3.81. The molecule has 1 aromatic carbocycles. The van der Waals surface area contributed by atoms with E-state index >= 15 is 0 Å². The molecule has 4 atom stereocenters. The van der Waals surface area contributed by atoms with E-state index in [-0.39, 0.29) is 30.4 Å². The third-order valence-corrected chi connectivity index (χ3v) is 5.05. The van der Waals surface area contributed by atoms with E-state index in [1.807, 2.05) is 0 Å². The summed E-state index contributed by atoms with van der Waals surface area (Å²) < 4.78 is 5.33. The molecule has 2 aliphatic carbocycles. The van der Waals surface area contributed by atoms with Gasteiger partial charge in [0.1, 0.15) is 5.75 Å². The molecule has 0 heterocycles. The molecule has 6 heteroatoms. The lowest BCUT2D eigenvalue weighted by Gasteiger charge is -2.27. The van der Waals surface area contributed by atoms with Gasteiger partial charge in [0.25, 0.3) is 5.91 Å². The fourth-order valence-electron chi connectivity index (χ4n) is 3.81. The number of rotatable bonds is 5. The van der Waals surface area contributed by atoms with E-state index in [1.54, 1.807) is 31.3 Å². The number of hydrogen-bond acceptors (Lipinski definition) is 4. The van der Waals surface area contributed by atoms with Gasteiger partial charge in [0, 0.05) is 18.8 Å². The second-order valence-electron chi connectivity index (χ2n) is 6.41. The zero-order chi connectivity index (χ0) is 16.4. The Bertz CT molecular complexity index is 585. The average Bonchev–Trinajstić information content (AvgIpc) is 3.14. The molecular weight excluding hydrogens is 294 g/mol. The van der Waals surface area contributed by atoms with E-state index in [1.165, 1.54) is 0 Å². The highest BCUT2D eigenvalue weighted by molar-refractivity contribution is 5.93. The molecule has 0 radical (unpaired) electrons. The van der Waals surface area contributed by atoms with Gasteiger partial charge in [-0.1, -0.05) is 0 Å². The minimum Gasteiger partial charge on any atom is -0.484 e. The van der Waals surface area contributed by atoms with E-state index < -0.39 is 0 Å². The number of fused-ring (bicyclic) bond motifs is 2. The van der Waals surface area contributed by atoms with Crippen molar-refractivity contribution in [3.8, 4) is 5.75 Å². The Morgan fingerprint density at radius 3 is 2.52 bits per heavy atom. The Morgan fingerprint density at radius 1 is 1.22 bits per heavy atom. The summed E-state index contributed by atoms with van der Waals surface area (Å²) in [6, 6.07) is 7.01. The molecule has 4 unspecified atom stereocenters. The van der Waals surface area contributed by atoms with Crippen LogP contribution in [0.15, 0.2) is 24.3 Å². The first-order chi connectivity index (χ1) is 11.1. The van der Waals surface area contributed by atoms with Crippen LogP contribution in [0.2, 0.25) is 0 Å². The highest BCUT2D eigenvalue weighted by atomic mass is 16.5. The molecule has 6 nitrogen and oxygen atoms in total. The van der Waals surface area contributed by atoms with Crippen molar-refractivity contribution in [1.82, 2.24) is 5.32 Å². The second kappa shape index (κ2) is 6.58. The summed E-state index contributed by atoms with van der Waals surface area (Å²) in [6.07, 6.45) is 3.36. The van der Waals surface area contributed by atoms with Crippen LogP contribution in [0.5, 0.6) is 5.75 Å². The normalized spacial score (nSPS) is 28.4. The topological polar surface area (TPSA) is 93.5 Å². The van der Waals surface area contributed by atoms with Crippen LogP contribution in [0.3, 0.4) is 0 Å². The minimum atomic E-state index is -0.187. The molecule has 2 saturated carbocycles. The molecule has 0 aliphatic heterocycles. The first-order valence-electron chi connectivity index (χ1n) is 8.08. The number of anilines is 1. The van der Waals surface area contributed by atoms with Crippen LogP contribution >= 0.6 is 0 Å². The molecule has 2 amide bonds. The summed E-state index contributed by atoms with van der Waals surface area (Å²) in [4.78, 5) is 23.6. The molecule has 1 aromatic rings. The molecule has 0 saturated heterocycles. The van der Waals surface area contributed by atoms with Crippen molar-refractivity contribution in [3.05, 3.63) is 24.3 Å². The number of benzene rings is 1. The van der Waals surface area contributed by atoms with Crippen LogP contribution in [-0.4, -0.2) is 31.5 Å². The number of carbonyl (C=O) groups excluding carboxylic acids is 2. The Hall–Kier alpha value is -2.08. The maximum Gasteiger partial charge on any atom is 0.257 e. The zero-order valence-corrected chi connectivity index (χ0v) is 13.2. The Balaban J connectivity index is 1.56. The van der Waals surface area contributed by atoms with Gasteiger partial charge < -0.3 is 21.1 Å². The van der Waals surface area contributed by atoms with Crippen molar-refractivity contribution >= 4 is 17.5 Å². The summed E-state index contributed by atoms with van der Waals surface area (Å²) in [6.45, 7) is -0.0256. The van der Waals surface area contributed by atoms with E-state index in [9.17, 15) is 9.59 Å². The van der Waals surface area contributed by atoms with Gasteiger partial charge >= 0.3 is 0 Å². The summed E-state index contributed by atoms with van der Waals surface area (Å²) in [7, 11) is 1.56. The van der Waals surface area contributed by atoms with Gasteiger partial charge in [-0.05, 0) is 55.4 Å². The Kier molecular flexibility index (Phi) is 4.52. The number of nitrogens with two attached hydrogens (primary N) is 1. The monoisotopic (exact) mass is 317 g/mol. The first kappa shape index (κ1) is 15.8. The van der Waals surface area contributed by atoms with Crippen LogP contribution in [0, 0.1) is 17.8 Å². The molecule has 2 aliphatic rings. The van der Waals surface area contributed by atoms with Gasteiger partial charge in [-0.15, -0.1) is 0 Å². The predicted molar refractivity (Wildman–Crippen MR) is 86.9 cm³/mol. The van der Waals surface area contributed by atoms with Crippen molar-refractivity contribution in [2.45, 2.75) is 25.3 Å². The molecule has 4 N–H and O–H groups in total. The molecule has 0 aromatic heterocycles. The summed E-state index contributed by atoms with van der Waals surface area (Å²) >= 11 is 0. The van der Waals surface area contributed by atoms with E-state index in [2.05, 4.69) is 10.6 Å². The van der Waals surface area contributed by atoms with Crippen LogP contribution in [0.1, 0.15) is 19.3 Å². The van der Waals surface area contributed by atoms with Crippen molar-refractivity contribution < 1.29 is 14.3 Å². The molecule has 124 valence electrons. The molecule has 3 rings (SSSR count). The maximum absolute atomic E-state index is 12.5. The van der Waals surface area contributed by atoms with Crippen molar-refractivity contribution in [2.24, 2.45) is 23.5 Å². The number of hydrogen-bond donors (Lipinski definition) is 3. The lowest BCUT2D eigenvalue weighted by atomic mass is 9.84. The summed E-state index contributed by atoms with van der Waals surface area (Å²) in [5, 5.41) is 5.44. The number of likely N-dealkylation sites (N-methyl/N-ethyl adjacent to an activating group) is 1. The van der Waals surface area contributed by atoms with Crippen LogP contribution in [0.4, 0.5) is 5.69 Å². The smallest absolute Gasteiger partial charge is 0.257 e. The van der Waals surface area contributed by atoms with Crippen molar-refractivity contribution in [3.63, 3.8) is 0 Å². The Morgan fingerprint density at radius 2 is 1.91 bits per heavy atom. The number of nitrogens with one attached hydrogen (secondary N) is 2. The zero-order valence-electron chi connectivity index (χ0n) is 13.2. The fraction of sp³-hybridized carbons (Fsp3) is 0.529. The van der Waals surface area contributed by atoms with E-state index in [0.29, 0.717) is 17.6 Å². The first-order valence-corrected chi connectivity index (χ1v) is 8.08. The highest BCUT2D eigenvalue weighted by Gasteiger charge is 2.49. The lowest BCUT2D eigenvalue weighted by molar-refractivity contribution is -0.123. The van der Waals surface area contributed by atoms with Gasteiger partial charge in [-0.25, -0.2) is 0 Å². The second-order valence-corrected chi connectivity index (χ2v) is 6.41. The predicted octanol–water partition coefficient (Wildman–Crippen LogP) is 1.12. The van der Waals surface area contributed by atoms with Gasteiger partial charge in [-0.2, -0.15) is 0 Å². The van der Waals surface area contributed by atoms with Crippen LogP contribution in [-0.2, 0) is 9.59 Å². The number of carbonyl (C=O) groups is 2. The van der Waals surface area contributed by atoms with E-state index in [0.717, 1.165) is 24.9 Å². The quantitative estimate of drug-likeness (QED) is 0.759. The summed E-state index contributed by atoms with van der Waals surface area (Å²) in [5.74, 6) is 1.29. The average molecular weight is 317 g/mol. The number of ether oxygens (including phenoxy) is 1. The number of amides is 2. The molecule has 2 fully saturated rings. The standard InChI is InChI=1S/C17H23N3O3/c1-19-14(21)9-23-13-6-4-12(5-7-13)20-17(22)15-10-2-3-11(8-10)16(15)18/h4-7,10-11,15-16H,2-3,8-9,18H2,1H3,(H,19,21)(H,20,22).